The number of fused-ring (bicyclic) bond motifs is 6. The molecule has 3 aliphatic carbocycles. The number of hydrogen-bond donors (Lipinski definition) is 1. The molecule has 0 radical (unpaired) electrons. The standard InChI is InChI=1S/C21H31N5O/c1-13(27)22-18-7-6-16-15-5-4-14-12-19-23-24-25-26(19)11-10-20(14,2)17(15)8-9-21(16,18)3/h12,15-18H,4-11H2,1-3H3,(H,22,27). The second-order valence-electron chi connectivity index (χ2n) is 9.89. The highest BCUT2D eigenvalue weighted by atomic mass is 16.1. The Balaban J connectivity index is 1.45. The Hall–Kier alpha value is -1.72. The third-order valence-electron chi connectivity index (χ3n) is 8.82. The SMILES string of the molecule is CC(=O)NC1CCC2C3CCC4=Cc5nnnn5CCC4(C)C3CCC12C. The molecule has 1 N–H and O–H groups in total. The van der Waals surface area contributed by atoms with E-state index in [1.807, 2.05) is 4.68 Å². The summed E-state index contributed by atoms with van der Waals surface area (Å²) in [6, 6.07) is 0.361. The second kappa shape index (κ2) is 5.89. The van der Waals surface area contributed by atoms with Crippen molar-refractivity contribution in [3.8, 4) is 0 Å². The highest BCUT2D eigenvalue weighted by molar-refractivity contribution is 5.73. The number of allylic oxidation sites excluding steroid dienone is 1. The topological polar surface area (TPSA) is 72.7 Å². The first kappa shape index (κ1) is 17.4. The van der Waals surface area contributed by atoms with Gasteiger partial charge in [0.2, 0.25) is 5.91 Å². The van der Waals surface area contributed by atoms with Crippen LogP contribution in [0.2, 0.25) is 0 Å². The molecule has 6 atom stereocenters. The van der Waals surface area contributed by atoms with E-state index in [9.17, 15) is 4.79 Å². The van der Waals surface area contributed by atoms with Gasteiger partial charge in [0.15, 0.2) is 5.82 Å². The van der Waals surface area contributed by atoms with Gasteiger partial charge < -0.3 is 5.32 Å². The zero-order valence-electron chi connectivity index (χ0n) is 16.7. The summed E-state index contributed by atoms with van der Waals surface area (Å²) < 4.78 is 1.97. The van der Waals surface area contributed by atoms with Crippen LogP contribution < -0.4 is 5.32 Å². The summed E-state index contributed by atoms with van der Waals surface area (Å²) in [6.07, 6.45) is 10.8. The zero-order chi connectivity index (χ0) is 18.8. The summed E-state index contributed by atoms with van der Waals surface area (Å²) in [5.41, 5.74) is 2.09. The minimum Gasteiger partial charge on any atom is -0.353 e. The van der Waals surface area contributed by atoms with Crippen LogP contribution in [0.15, 0.2) is 5.57 Å². The molecule has 146 valence electrons. The van der Waals surface area contributed by atoms with Crippen LogP contribution in [0, 0.1) is 28.6 Å². The molecule has 27 heavy (non-hydrogen) atoms. The normalized spacial score (nSPS) is 42.9. The number of nitrogens with one attached hydrogen (secondary N) is 1. The monoisotopic (exact) mass is 369 g/mol. The number of aromatic nitrogens is 4. The summed E-state index contributed by atoms with van der Waals surface area (Å²) in [5, 5.41) is 15.6. The minimum atomic E-state index is 0.129. The molecule has 1 aliphatic heterocycles. The molecule has 0 aromatic carbocycles. The Morgan fingerprint density at radius 1 is 1.19 bits per heavy atom. The first-order valence-electron chi connectivity index (χ1n) is 10.7. The lowest BCUT2D eigenvalue weighted by Gasteiger charge is -2.57. The molecule has 0 spiro atoms. The van der Waals surface area contributed by atoms with E-state index in [0.29, 0.717) is 6.04 Å². The molecule has 1 aromatic rings. The summed E-state index contributed by atoms with van der Waals surface area (Å²) in [4.78, 5) is 11.7. The first-order valence-corrected chi connectivity index (χ1v) is 10.7. The van der Waals surface area contributed by atoms with E-state index >= 15 is 0 Å². The van der Waals surface area contributed by atoms with Gasteiger partial charge in [0, 0.05) is 19.5 Å². The number of amides is 1. The molecule has 0 saturated heterocycles. The predicted molar refractivity (Wildman–Crippen MR) is 102 cm³/mol. The van der Waals surface area contributed by atoms with Crippen LogP contribution in [0.1, 0.15) is 71.5 Å². The third-order valence-corrected chi connectivity index (χ3v) is 8.82. The average Bonchev–Trinajstić information content (AvgIpc) is 3.16. The fourth-order valence-electron chi connectivity index (χ4n) is 7.36. The van der Waals surface area contributed by atoms with Crippen LogP contribution in [-0.4, -0.2) is 32.2 Å². The van der Waals surface area contributed by atoms with Crippen molar-refractivity contribution in [2.24, 2.45) is 28.6 Å². The number of carbonyl (C=O) groups is 1. The molecule has 3 saturated carbocycles. The molecular formula is C21H31N5O. The molecule has 6 nitrogen and oxygen atoms in total. The van der Waals surface area contributed by atoms with Gasteiger partial charge >= 0.3 is 0 Å². The molecule has 6 unspecified atom stereocenters. The lowest BCUT2D eigenvalue weighted by Crippen LogP contribution is -2.53. The molecule has 1 aromatic heterocycles. The van der Waals surface area contributed by atoms with Gasteiger partial charge in [-0.15, -0.1) is 5.10 Å². The maximum absolute atomic E-state index is 11.7. The number of hydrogen-bond acceptors (Lipinski definition) is 4. The Bertz CT molecular complexity index is 800. The predicted octanol–water partition coefficient (Wildman–Crippen LogP) is 3.21. The average molecular weight is 370 g/mol. The molecule has 2 heterocycles. The van der Waals surface area contributed by atoms with Crippen LogP contribution in [0.5, 0.6) is 0 Å². The quantitative estimate of drug-likeness (QED) is 0.825. The van der Waals surface area contributed by atoms with Gasteiger partial charge in [-0.05, 0) is 90.0 Å². The van der Waals surface area contributed by atoms with E-state index in [2.05, 4.69) is 40.8 Å². The number of nitrogens with zero attached hydrogens (tertiary/aromatic N) is 4. The highest BCUT2D eigenvalue weighted by Gasteiger charge is 2.58. The van der Waals surface area contributed by atoms with Gasteiger partial charge in [0.1, 0.15) is 0 Å². The Morgan fingerprint density at radius 3 is 2.85 bits per heavy atom. The molecule has 0 bridgehead atoms. The van der Waals surface area contributed by atoms with Crippen LogP contribution in [0.3, 0.4) is 0 Å². The molecule has 5 rings (SSSR count). The van der Waals surface area contributed by atoms with Gasteiger partial charge in [0.05, 0.1) is 0 Å². The zero-order valence-corrected chi connectivity index (χ0v) is 16.7. The molecule has 1 amide bonds. The smallest absolute Gasteiger partial charge is 0.217 e. The first-order chi connectivity index (χ1) is 12.9. The maximum atomic E-state index is 11.7. The van der Waals surface area contributed by atoms with Crippen LogP contribution in [-0.2, 0) is 11.3 Å². The summed E-state index contributed by atoms with van der Waals surface area (Å²) in [7, 11) is 0. The minimum absolute atomic E-state index is 0.129. The van der Waals surface area contributed by atoms with Gasteiger partial charge in [-0.3, -0.25) is 4.79 Å². The number of tetrazole rings is 1. The molecule has 6 heteroatoms. The van der Waals surface area contributed by atoms with Gasteiger partial charge in [0.25, 0.3) is 0 Å². The lowest BCUT2D eigenvalue weighted by molar-refractivity contribution is -0.121. The largest absolute Gasteiger partial charge is 0.353 e. The fourth-order valence-corrected chi connectivity index (χ4v) is 7.36. The molecular weight excluding hydrogens is 338 g/mol. The van der Waals surface area contributed by atoms with E-state index in [1.54, 1.807) is 12.5 Å². The maximum Gasteiger partial charge on any atom is 0.217 e. The van der Waals surface area contributed by atoms with Crippen molar-refractivity contribution in [3.63, 3.8) is 0 Å². The van der Waals surface area contributed by atoms with Crippen molar-refractivity contribution in [2.45, 2.75) is 78.3 Å². The van der Waals surface area contributed by atoms with Crippen LogP contribution >= 0.6 is 0 Å². The number of carbonyl (C=O) groups excluding carboxylic acids is 1. The van der Waals surface area contributed by atoms with Gasteiger partial charge in [-0.2, -0.15) is 0 Å². The Morgan fingerprint density at radius 2 is 2.04 bits per heavy atom. The van der Waals surface area contributed by atoms with E-state index in [1.165, 1.54) is 32.1 Å². The molecule has 4 aliphatic rings. The van der Waals surface area contributed by atoms with Crippen molar-refractivity contribution >= 4 is 12.0 Å². The summed E-state index contributed by atoms with van der Waals surface area (Å²) >= 11 is 0. The van der Waals surface area contributed by atoms with E-state index in [4.69, 9.17) is 0 Å². The van der Waals surface area contributed by atoms with Crippen molar-refractivity contribution in [3.05, 3.63) is 11.4 Å². The van der Waals surface area contributed by atoms with E-state index < -0.39 is 0 Å². The number of rotatable bonds is 1. The summed E-state index contributed by atoms with van der Waals surface area (Å²) in [6.45, 7) is 7.53. The van der Waals surface area contributed by atoms with Gasteiger partial charge in [-0.1, -0.05) is 19.4 Å². The third kappa shape index (κ3) is 2.44. The van der Waals surface area contributed by atoms with Crippen LogP contribution in [0.25, 0.3) is 6.08 Å². The Labute approximate surface area is 161 Å². The second-order valence-corrected chi connectivity index (χ2v) is 9.89. The van der Waals surface area contributed by atoms with Crippen molar-refractivity contribution in [1.82, 2.24) is 25.5 Å². The lowest BCUT2D eigenvalue weighted by atomic mass is 9.48. The van der Waals surface area contributed by atoms with Gasteiger partial charge in [-0.25, -0.2) is 4.68 Å². The number of aryl methyl sites for hydroxylation is 1. The highest BCUT2D eigenvalue weighted by Crippen LogP contribution is 2.64. The molecule has 3 fully saturated rings. The van der Waals surface area contributed by atoms with Crippen LogP contribution in [0.4, 0.5) is 0 Å². The van der Waals surface area contributed by atoms with Crippen molar-refractivity contribution in [1.29, 1.82) is 0 Å². The van der Waals surface area contributed by atoms with Crippen molar-refractivity contribution < 1.29 is 4.79 Å². The van der Waals surface area contributed by atoms with E-state index in [-0.39, 0.29) is 16.7 Å². The summed E-state index contributed by atoms with van der Waals surface area (Å²) in [5.74, 6) is 3.32. The van der Waals surface area contributed by atoms with E-state index in [0.717, 1.165) is 43.0 Å². The Kier molecular flexibility index (Phi) is 3.79. The fraction of sp³-hybridized carbons (Fsp3) is 0.810. The van der Waals surface area contributed by atoms with Crippen molar-refractivity contribution in [2.75, 3.05) is 0 Å².